The molecule has 5 nitrogen and oxygen atoms in total. The molecule has 2 aromatic rings. The molecule has 0 aliphatic rings. The van der Waals surface area contributed by atoms with Gasteiger partial charge in [0.1, 0.15) is 5.52 Å². The molecule has 0 aliphatic carbocycles. The van der Waals surface area contributed by atoms with Crippen molar-refractivity contribution in [3.8, 4) is 0 Å². The number of aliphatic hydroxyl groups is 1. The Bertz CT molecular complexity index is 537. The van der Waals surface area contributed by atoms with Gasteiger partial charge in [-0.3, -0.25) is 0 Å². The maximum absolute atomic E-state index is 10.5. The predicted octanol–water partition coefficient (Wildman–Crippen LogP) is 1.67. The number of thioether (sulfide) groups is 1. The normalized spacial score (nSPS) is 12.9. The molecule has 1 heterocycles. The van der Waals surface area contributed by atoms with E-state index in [9.17, 15) is 9.90 Å². The van der Waals surface area contributed by atoms with Crippen LogP contribution in [0.5, 0.6) is 0 Å². The highest BCUT2D eigenvalue weighted by Crippen LogP contribution is 2.24. The van der Waals surface area contributed by atoms with E-state index in [-0.39, 0.29) is 5.89 Å². The minimum absolute atomic E-state index is 0.194. The molecule has 0 saturated heterocycles. The van der Waals surface area contributed by atoms with Gasteiger partial charge in [-0.05, 0) is 24.5 Å². The molecule has 1 aromatic heterocycles. The lowest BCUT2D eigenvalue weighted by Crippen LogP contribution is -2.10. The first-order valence-corrected chi connectivity index (χ1v) is 5.69. The van der Waals surface area contributed by atoms with Crippen LogP contribution in [-0.4, -0.2) is 27.4 Å². The van der Waals surface area contributed by atoms with E-state index in [2.05, 4.69) is 4.98 Å². The van der Waals surface area contributed by atoms with Crippen molar-refractivity contribution in [1.29, 1.82) is 0 Å². The van der Waals surface area contributed by atoms with Gasteiger partial charge in [-0.1, -0.05) is 0 Å². The molecule has 6 heteroatoms. The van der Waals surface area contributed by atoms with Crippen molar-refractivity contribution in [1.82, 2.24) is 4.98 Å². The summed E-state index contributed by atoms with van der Waals surface area (Å²) in [7, 11) is 0. The van der Waals surface area contributed by atoms with Crippen LogP contribution >= 0.6 is 11.8 Å². The molecule has 1 aromatic carbocycles. The third kappa shape index (κ3) is 1.89. The topological polar surface area (TPSA) is 83.6 Å². The summed E-state index contributed by atoms with van der Waals surface area (Å²) in [4.78, 5) is 15.4. The monoisotopic (exact) mass is 239 g/mol. The van der Waals surface area contributed by atoms with Gasteiger partial charge in [0.15, 0.2) is 5.58 Å². The van der Waals surface area contributed by atoms with Crippen molar-refractivity contribution < 1.29 is 19.4 Å². The van der Waals surface area contributed by atoms with Crippen LogP contribution in [0.25, 0.3) is 11.1 Å². The second-order valence-electron chi connectivity index (χ2n) is 3.13. The maximum Gasteiger partial charge on any atom is 0.342 e. The number of hydrogen-bond acceptors (Lipinski definition) is 5. The predicted molar refractivity (Wildman–Crippen MR) is 58.4 cm³/mol. The number of fused-ring (bicyclic) bond motifs is 1. The van der Waals surface area contributed by atoms with Gasteiger partial charge in [0.25, 0.3) is 0 Å². The van der Waals surface area contributed by atoms with Crippen LogP contribution in [-0.2, 0) is 4.79 Å². The fourth-order valence-electron chi connectivity index (χ4n) is 1.27. The van der Waals surface area contributed by atoms with Gasteiger partial charge in [0, 0.05) is 4.90 Å². The molecule has 2 N–H and O–H groups in total. The summed E-state index contributed by atoms with van der Waals surface area (Å²) in [5.74, 6) is -1.57. The first-order valence-electron chi connectivity index (χ1n) is 4.47. The van der Waals surface area contributed by atoms with E-state index in [0.717, 1.165) is 4.90 Å². The van der Waals surface area contributed by atoms with Crippen LogP contribution in [0.2, 0.25) is 0 Å². The molecule has 0 radical (unpaired) electrons. The Morgan fingerprint density at radius 3 is 2.94 bits per heavy atom. The van der Waals surface area contributed by atoms with Crippen LogP contribution in [0.15, 0.2) is 27.5 Å². The molecule has 0 aliphatic heterocycles. The standard InChI is InChI=1S/C10H9NO4S/c1-16-5-2-3-6-7(4-5)15-9(11-6)8(12)10(13)14/h2-4,8,12H,1H3,(H,13,14). The fourth-order valence-corrected chi connectivity index (χ4v) is 1.70. The smallest absolute Gasteiger partial charge is 0.342 e. The first kappa shape index (κ1) is 11.0. The van der Waals surface area contributed by atoms with Gasteiger partial charge >= 0.3 is 5.97 Å². The van der Waals surface area contributed by atoms with Gasteiger partial charge in [0.2, 0.25) is 12.0 Å². The lowest BCUT2D eigenvalue weighted by atomic mass is 10.3. The number of aliphatic carboxylic acids is 1. The van der Waals surface area contributed by atoms with Crippen LogP contribution in [0.3, 0.4) is 0 Å². The summed E-state index contributed by atoms with van der Waals surface area (Å²) in [5.41, 5.74) is 1.01. The first-order chi connectivity index (χ1) is 7.61. The number of hydrogen-bond donors (Lipinski definition) is 2. The Labute approximate surface area is 95.1 Å². The van der Waals surface area contributed by atoms with Crippen molar-refractivity contribution in [2.45, 2.75) is 11.0 Å². The van der Waals surface area contributed by atoms with Crippen molar-refractivity contribution in [3.05, 3.63) is 24.1 Å². The number of nitrogens with zero attached hydrogens (tertiary/aromatic N) is 1. The average molecular weight is 239 g/mol. The Morgan fingerprint density at radius 2 is 2.31 bits per heavy atom. The zero-order valence-electron chi connectivity index (χ0n) is 8.38. The molecule has 84 valence electrons. The lowest BCUT2D eigenvalue weighted by Gasteiger charge is -1.97. The quantitative estimate of drug-likeness (QED) is 0.792. The molecule has 2 rings (SSSR count). The highest BCUT2D eigenvalue weighted by atomic mass is 32.2. The van der Waals surface area contributed by atoms with Gasteiger partial charge in [-0.25, -0.2) is 9.78 Å². The van der Waals surface area contributed by atoms with Crippen molar-refractivity contribution in [2.24, 2.45) is 0 Å². The number of carboxylic acid groups (broad SMARTS) is 1. The summed E-state index contributed by atoms with van der Waals surface area (Å²) in [5, 5.41) is 17.9. The molecule has 0 bridgehead atoms. The van der Waals surface area contributed by atoms with E-state index < -0.39 is 12.1 Å². The molecule has 0 spiro atoms. The molecule has 1 atom stereocenters. The minimum Gasteiger partial charge on any atom is -0.479 e. The SMILES string of the molecule is CSc1ccc2nc(C(O)C(=O)O)oc2c1. The number of oxazole rings is 1. The Kier molecular flexibility index (Phi) is 2.84. The second kappa shape index (κ2) is 4.15. The van der Waals surface area contributed by atoms with E-state index in [1.54, 1.807) is 23.9 Å². The number of carbonyl (C=O) groups is 1. The maximum atomic E-state index is 10.5. The largest absolute Gasteiger partial charge is 0.479 e. The number of benzene rings is 1. The van der Waals surface area contributed by atoms with Gasteiger partial charge in [-0.2, -0.15) is 0 Å². The van der Waals surface area contributed by atoms with Crippen LogP contribution < -0.4 is 0 Å². The van der Waals surface area contributed by atoms with E-state index in [4.69, 9.17) is 9.52 Å². The summed E-state index contributed by atoms with van der Waals surface area (Å²) in [6, 6.07) is 5.33. The van der Waals surface area contributed by atoms with Crippen molar-refractivity contribution >= 4 is 28.8 Å². The molecular formula is C10H9NO4S. The molecule has 0 fully saturated rings. The Morgan fingerprint density at radius 1 is 1.56 bits per heavy atom. The molecule has 0 saturated carbocycles. The summed E-state index contributed by atoms with van der Waals surface area (Å²) in [6.07, 6.45) is 0.204. The number of carboxylic acids is 1. The lowest BCUT2D eigenvalue weighted by molar-refractivity contribution is -0.148. The third-order valence-corrected chi connectivity index (χ3v) is 2.81. The van der Waals surface area contributed by atoms with Crippen LogP contribution in [0, 0.1) is 0 Å². The molecule has 0 amide bonds. The molecule has 1 unspecified atom stereocenters. The highest BCUT2D eigenvalue weighted by molar-refractivity contribution is 7.98. The van der Waals surface area contributed by atoms with E-state index in [1.165, 1.54) is 0 Å². The summed E-state index contributed by atoms with van der Waals surface area (Å²) < 4.78 is 5.18. The number of aliphatic hydroxyl groups excluding tert-OH is 1. The average Bonchev–Trinajstić information content (AvgIpc) is 2.69. The summed E-state index contributed by atoms with van der Waals surface area (Å²) in [6.45, 7) is 0. The minimum atomic E-state index is -1.72. The Balaban J connectivity index is 2.47. The number of rotatable bonds is 3. The second-order valence-corrected chi connectivity index (χ2v) is 4.01. The zero-order chi connectivity index (χ0) is 11.7. The highest BCUT2D eigenvalue weighted by Gasteiger charge is 2.22. The van der Waals surface area contributed by atoms with Crippen molar-refractivity contribution in [2.75, 3.05) is 6.26 Å². The number of aromatic nitrogens is 1. The van der Waals surface area contributed by atoms with Crippen molar-refractivity contribution in [3.63, 3.8) is 0 Å². The van der Waals surface area contributed by atoms with E-state index in [0.29, 0.717) is 11.1 Å². The third-order valence-electron chi connectivity index (χ3n) is 2.08. The van der Waals surface area contributed by atoms with Gasteiger partial charge in [0.05, 0.1) is 0 Å². The van der Waals surface area contributed by atoms with Crippen LogP contribution in [0.1, 0.15) is 12.0 Å². The fraction of sp³-hybridized carbons (Fsp3) is 0.200. The summed E-state index contributed by atoms with van der Waals surface area (Å²) >= 11 is 1.54. The van der Waals surface area contributed by atoms with E-state index in [1.807, 2.05) is 12.3 Å². The molecule has 16 heavy (non-hydrogen) atoms. The molecular weight excluding hydrogens is 230 g/mol. The Hall–Kier alpha value is -1.53. The van der Waals surface area contributed by atoms with Gasteiger partial charge in [-0.15, -0.1) is 11.8 Å². The zero-order valence-corrected chi connectivity index (χ0v) is 9.19. The van der Waals surface area contributed by atoms with Gasteiger partial charge < -0.3 is 14.6 Å². The van der Waals surface area contributed by atoms with Crippen LogP contribution in [0.4, 0.5) is 0 Å². The van der Waals surface area contributed by atoms with E-state index >= 15 is 0 Å².